The van der Waals surface area contributed by atoms with Gasteiger partial charge in [0.15, 0.2) is 0 Å². The van der Waals surface area contributed by atoms with Crippen molar-refractivity contribution in [1.29, 1.82) is 0 Å². The first-order valence-electron chi connectivity index (χ1n) is 8.34. The molecule has 1 nitrogen and oxygen atoms in total. The summed E-state index contributed by atoms with van der Waals surface area (Å²) in [5, 5.41) is 1.85. The van der Waals surface area contributed by atoms with Crippen LogP contribution in [0.1, 0.15) is 48.0 Å². The maximum Gasteiger partial charge on any atom is 2.00 e. The van der Waals surface area contributed by atoms with Gasteiger partial charge in [-0.25, -0.2) is 0 Å². The van der Waals surface area contributed by atoms with E-state index < -0.39 is 7.92 Å². The smallest absolute Gasteiger partial charge is 0.378 e. The Morgan fingerprint density at radius 2 is 1.58 bits per heavy atom. The summed E-state index contributed by atoms with van der Waals surface area (Å²) in [4.78, 5) is 2.14. The maximum atomic E-state index is 6.84. The third-order valence-corrected chi connectivity index (χ3v) is 8.71. The van der Waals surface area contributed by atoms with Crippen LogP contribution in [0, 0.1) is 0 Å². The second-order valence-corrected chi connectivity index (χ2v) is 12.1. The SMILES string of the molecule is CC=CCC(Cl)C(C)(C)P(c1ccc(N(C)C)cc1)C(C)(C)C.[Pd+2]. The van der Waals surface area contributed by atoms with Gasteiger partial charge in [-0.1, -0.05) is 66.8 Å². The van der Waals surface area contributed by atoms with E-state index >= 15 is 0 Å². The second-order valence-electron chi connectivity index (χ2n) is 7.84. The van der Waals surface area contributed by atoms with Crippen LogP contribution in [0.15, 0.2) is 36.4 Å². The molecule has 0 fully saturated rings. The van der Waals surface area contributed by atoms with Crippen molar-refractivity contribution in [3.05, 3.63) is 36.4 Å². The van der Waals surface area contributed by atoms with Crippen molar-refractivity contribution in [3.8, 4) is 0 Å². The number of benzene rings is 1. The predicted octanol–water partition coefficient (Wildman–Crippen LogP) is 6.01. The molecule has 0 N–H and O–H groups in total. The van der Waals surface area contributed by atoms with Crippen LogP contribution in [-0.2, 0) is 20.4 Å². The molecule has 2 atom stereocenters. The second kappa shape index (κ2) is 9.73. The predicted molar refractivity (Wildman–Crippen MR) is 110 cm³/mol. The minimum absolute atomic E-state index is 0. The molecular weight excluding hydrogens is 427 g/mol. The third kappa shape index (κ3) is 6.14. The molecule has 0 heterocycles. The Morgan fingerprint density at radius 3 is 1.96 bits per heavy atom. The number of anilines is 1. The molecule has 0 bridgehead atoms. The number of hydrogen-bond acceptors (Lipinski definition) is 1. The fraction of sp³-hybridized carbons (Fsp3) is 0.600. The van der Waals surface area contributed by atoms with Crippen LogP contribution < -0.4 is 10.2 Å². The van der Waals surface area contributed by atoms with E-state index in [0.717, 1.165) is 6.42 Å². The summed E-state index contributed by atoms with van der Waals surface area (Å²) in [5.74, 6) is 0. The molecule has 138 valence electrons. The molecule has 1 rings (SSSR count). The van der Waals surface area contributed by atoms with E-state index in [1.54, 1.807) is 0 Å². The average Bonchev–Trinajstić information content (AvgIpc) is 2.43. The first-order chi connectivity index (χ1) is 10.5. The van der Waals surface area contributed by atoms with Crippen LogP contribution in [-0.4, -0.2) is 29.8 Å². The van der Waals surface area contributed by atoms with Crippen molar-refractivity contribution in [3.63, 3.8) is 0 Å². The van der Waals surface area contributed by atoms with Crippen LogP contribution >= 0.6 is 19.5 Å². The van der Waals surface area contributed by atoms with E-state index in [9.17, 15) is 0 Å². The quantitative estimate of drug-likeness (QED) is 0.218. The third-order valence-electron chi connectivity index (χ3n) is 4.22. The molecule has 0 aliphatic rings. The fourth-order valence-electron chi connectivity index (χ4n) is 3.17. The molecule has 2 unspecified atom stereocenters. The van der Waals surface area contributed by atoms with E-state index in [1.807, 2.05) is 0 Å². The van der Waals surface area contributed by atoms with Crippen molar-refractivity contribution in [1.82, 2.24) is 0 Å². The van der Waals surface area contributed by atoms with Gasteiger partial charge in [-0.15, -0.1) is 11.6 Å². The zero-order chi connectivity index (χ0) is 17.8. The number of nitrogens with zero attached hydrogens (tertiary/aromatic N) is 1. The number of rotatable bonds is 6. The molecule has 0 radical (unpaired) electrons. The summed E-state index contributed by atoms with van der Waals surface area (Å²) in [5.41, 5.74) is 1.24. The molecule has 0 spiro atoms. The molecule has 1 aromatic carbocycles. The van der Waals surface area contributed by atoms with Gasteiger partial charge in [0.25, 0.3) is 0 Å². The Labute approximate surface area is 169 Å². The number of halogens is 1. The van der Waals surface area contributed by atoms with Crippen LogP contribution in [0.5, 0.6) is 0 Å². The van der Waals surface area contributed by atoms with Crippen LogP contribution in [0.3, 0.4) is 0 Å². The van der Waals surface area contributed by atoms with Crippen molar-refractivity contribution in [2.24, 2.45) is 0 Å². The van der Waals surface area contributed by atoms with Crippen molar-refractivity contribution in [2.45, 2.75) is 63.7 Å². The monoisotopic (exact) mass is 459 g/mol. The number of allylic oxidation sites excluding steroid dienone is 2. The summed E-state index contributed by atoms with van der Waals surface area (Å²) < 4.78 is 0. The first-order valence-corrected chi connectivity index (χ1v) is 10.1. The number of hydrogen-bond donors (Lipinski definition) is 0. The van der Waals surface area contributed by atoms with Crippen molar-refractivity contribution < 1.29 is 20.4 Å². The fourth-order valence-corrected chi connectivity index (χ4v) is 7.57. The topological polar surface area (TPSA) is 3.24 Å². The maximum absolute atomic E-state index is 6.84. The Balaban J connectivity index is 0.00000529. The van der Waals surface area contributed by atoms with Crippen molar-refractivity contribution >= 4 is 30.5 Å². The van der Waals surface area contributed by atoms with E-state index in [-0.39, 0.29) is 36.1 Å². The molecule has 0 aliphatic heterocycles. The van der Waals surface area contributed by atoms with Crippen LogP contribution in [0.25, 0.3) is 0 Å². The van der Waals surface area contributed by atoms with Gasteiger partial charge in [-0.3, -0.25) is 0 Å². The molecule has 0 saturated heterocycles. The minimum atomic E-state index is -0.412. The van der Waals surface area contributed by atoms with E-state index in [1.165, 1.54) is 11.0 Å². The van der Waals surface area contributed by atoms with Gasteiger partial charge >= 0.3 is 20.4 Å². The van der Waals surface area contributed by atoms with Gasteiger partial charge in [-0.2, -0.15) is 0 Å². The number of alkyl halides is 1. The summed E-state index contributed by atoms with van der Waals surface area (Å²) >= 11 is 6.84. The Morgan fingerprint density at radius 1 is 1.08 bits per heavy atom. The van der Waals surface area contributed by atoms with E-state index in [4.69, 9.17) is 11.6 Å². The molecule has 24 heavy (non-hydrogen) atoms. The largest absolute Gasteiger partial charge is 2.00 e. The zero-order valence-electron chi connectivity index (χ0n) is 16.3. The first kappa shape index (κ1) is 24.1. The van der Waals surface area contributed by atoms with Gasteiger partial charge in [0.1, 0.15) is 0 Å². The van der Waals surface area contributed by atoms with Gasteiger partial charge in [0.05, 0.1) is 0 Å². The summed E-state index contributed by atoms with van der Waals surface area (Å²) in [6.45, 7) is 13.8. The normalized spacial score (nSPS) is 15.0. The summed E-state index contributed by atoms with van der Waals surface area (Å²) in [7, 11) is 3.75. The van der Waals surface area contributed by atoms with Gasteiger partial charge in [0, 0.05) is 30.3 Å². The molecule has 0 amide bonds. The van der Waals surface area contributed by atoms with E-state index in [2.05, 4.69) is 97.0 Å². The molecule has 1 aromatic rings. The standard InChI is InChI=1S/C20H33ClNP.Pd/c1-9-10-11-18(21)20(5,6)23(19(2,3)4)17-14-12-16(13-15-17)22(7)8;/h9-10,12-15,18H,11H2,1-8H3;/q;+2. The molecule has 0 saturated carbocycles. The Hall–Kier alpha value is 0.142. The van der Waals surface area contributed by atoms with Gasteiger partial charge in [0.2, 0.25) is 0 Å². The van der Waals surface area contributed by atoms with Crippen LogP contribution in [0.2, 0.25) is 0 Å². The molecule has 0 aliphatic carbocycles. The Kier molecular flexibility index (Phi) is 9.79. The summed E-state index contributed by atoms with van der Waals surface area (Å²) in [6.07, 6.45) is 5.21. The van der Waals surface area contributed by atoms with Crippen LogP contribution in [0.4, 0.5) is 5.69 Å². The minimum Gasteiger partial charge on any atom is -0.378 e. The molecular formula is C20H33ClNPPd+2. The van der Waals surface area contributed by atoms with Gasteiger partial charge in [-0.05, 0) is 35.9 Å². The summed E-state index contributed by atoms with van der Waals surface area (Å²) in [6, 6.07) is 9.05. The Bertz CT molecular complexity index is 517. The molecule has 4 heteroatoms. The van der Waals surface area contributed by atoms with E-state index in [0.29, 0.717) is 0 Å². The zero-order valence-corrected chi connectivity index (χ0v) is 19.5. The van der Waals surface area contributed by atoms with Crippen molar-refractivity contribution in [2.75, 3.05) is 19.0 Å². The van der Waals surface area contributed by atoms with Gasteiger partial charge < -0.3 is 4.90 Å². The molecule has 0 aromatic heterocycles. The average molecular weight is 460 g/mol.